The Kier molecular flexibility index (Phi) is 3.19. The van der Waals surface area contributed by atoms with Crippen LogP contribution in [0.25, 0.3) is 0 Å². The van der Waals surface area contributed by atoms with Crippen LogP contribution in [-0.4, -0.2) is 19.0 Å². The van der Waals surface area contributed by atoms with Gasteiger partial charge in [0.2, 0.25) is 0 Å². The first-order valence-electron chi connectivity index (χ1n) is 2.30. The maximum Gasteiger partial charge on any atom is 0.0489 e. The molecule has 0 aromatic heterocycles. The molecule has 2 heteroatoms. The molecule has 0 saturated heterocycles. The molecule has 0 unspecified atom stereocenters. The van der Waals surface area contributed by atoms with Gasteiger partial charge in [-0.3, -0.25) is 4.99 Å². The summed E-state index contributed by atoms with van der Waals surface area (Å²) in [6.07, 6.45) is 2.33. The maximum atomic E-state index is 6.99. The molecule has 7 heavy (non-hydrogen) atoms. The fourth-order valence-electron chi connectivity index (χ4n) is 0.247. The SMILES string of the molecule is CCC(=N)C=NC. The van der Waals surface area contributed by atoms with Crippen molar-refractivity contribution in [2.75, 3.05) is 7.05 Å². The number of rotatable bonds is 2. The fourth-order valence-corrected chi connectivity index (χ4v) is 0.247. The molecule has 0 aromatic rings. The van der Waals surface area contributed by atoms with Gasteiger partial charge in [-0.05, 0) is 6.42 Å². The van der Waals surface area contributed by atoms with Crippen molar-refractivity contribution in [1.29, 1.82) is 5.41 Å². The first-order chi connectivity index (χ1) is 3.31. The van der Waals surface area contributed by atoms with Crippen LogP contribution in [0.4, 0.5) is 0 Å². The summed E-state index contributed by atoms with van der Waals surface area (Å²) >= 11 is 0. The lowest BCUT2D eigenvalue weighted by Gasteiger charge is -1.82. The molecule has 0 heterocycles. The predicted molar refractivity (Wildman–Crippen MR) is 32.4 cm³/mol. The average Bonchev–Trinajstić information content (AvgIpc) is 1.68. The average molecular weight is 98.1 g/mol. The van der Waals surface area contributed by atoms with Crippen LogP contribution in [-0.2, 0) is 0 Å². The number of hydrogen-bond acceptors (Lipinski definition) is 2. The fraction of sp³-hybridized carbons (Fsp3) is 0.600. The van der Waals surface area contributed by atoms with Crippen molar-refractivity contribution in [3.05, 3.63) is 0 Å². The Balaban J connectivity index is 3.37. The van der Waals surface area contributed by atoms with Crippen LogP contribution in [0.5, 0.6) is 0 Å². The Morgan fingerprint density at radius 3 is 2.57 bits per heavy atom. The summed E-state index contributed by atoms with van der Waals surface area (Å²) in [6, 6.07) is 0. The molecule has 0 aliphatic rings. The van der Waals surface area contributed by atoms with Gasteiger partial charge in [0.05, 0.1) is 0 Å². The van der Waals surface area contributed by atoms with E-state index in [4.69, 9.17) is 5.41 Å². The second kappa shape index (κ2) is 3.53. The van der Waals surface area contributed by atoms with Crippen LogP contribution in [0.15, 0.2) is 4.99 Å². The van der Waals surface area contributed by atoms with Gasteiger partial charge in [0.15, 0.2) is 0 Å². The molecule has 0 amide bonds. The molecule has 1 N–H and O–H groups in total. The van der Waals surface area contributed by atoms with Gasteiger partial charge in [-0.15, -0.1) is 0 Å². The van der Waals surface area contributed by atoms with Crippen molar-refractivity contribution >= 4 is 11.9 Å². The van der Waals surface area contributed by atoms with E-state index in [0.717, 1.165) is 6.42 Å². The molecule has 0 atom stereocenters. The number of aliphatic imine (C=N–C) groups is 1. The van der Waals surface area contributed by atoms with Crippen LogP contribution in [0.1, 0.15) is 13.3 Å². The summed E-state index contributed by atoms with van der Waals surface area (Å²) < 4.78 is 0. The minimum atomic E-state index is 0.586. The smallest absolute Gasteiger partial charge is 0.0489 e. The van der Waals surface area contributed by atoms with E-state index in [2.05, 4.69) is 4.99 Å². The lowest BCUT2D eigenvalue weighted by atomic mass is 10.3. The second-order valence-corrected chi connectivity index (χ2v) is 1.27. The van der Waals surface area contributed by atoms with Crippen LogP contribution in [0.2, 0.25) is 0 Å². The zero-order valence-electron chi connectivity index (χ0n) is 4.73. The zero-order valence-corrected chi connectivity index (χ0v) is 4.73. The molecule has 0 rings (SSSR count). The van der Waals surface area contributed by atoms with Gasteiger partial charge in [0, 0.05) is 19.0 Å². The first kappa shape index (κ1) is 6.34. The van der Waals surface area contributed by atoms with E-state index in [1.807, 2.05) is 6.92 Å². The van der Waals surface area contributed by atoms with Gasteiger partial charge in [0.25, 0.3) is 0 Å². The summed E-state index contributed by atoms with van der Waals surface area (Å²) in [5, 5.41) is 6.99. The Morgan fingerprint density at radius 1 is 1.86 bits per heavy atom. The Bertz CT molecular complexity index is 84.1. The van der Waals surface area contributed by atoms with Crippen LogP contribution in [0, 0.1) is 5.41 Å². The molecule has 0 saturated carbocycles. The van der Waals surface area contributed by atoms with E-state index in [0.29, 0.717) is 5.71 Å². The highest BCUT2D eigenvalue weighted by Gasteiger charge is 1.79. The number of nitrogens with one attached hydrogen (secondary N) is 1. The molecular weight excluding hydrogens is 88.1 g/mol. The van der Waals surface area contributed by atoms with E-state index in [1.165, 1.54) is 0 Å². The predicted octanol–water partition coefficient (Wildman–Crippen LogP) is 1.12. The molecule has 0 spiro atoms. The highest BCUT2D eigenvalue weighted by molar-refractivity contribution is 6.28. The van der Waals surface area contributed by atoms with E-state index in [9.17, 15) is 0 Å². The minimum absolute atomic E-state index is 0.586. The van der Waals surface area contributed by atoms with E-state index in [1.54, 1.807) is 13.3 Å². The molecule has 0 aliphatic heterocycles. The summed E-state index contributed by atoms with van der Waals surface area (Å²) in [6.45, 7) is 1.93. The molecule has 0 bridgehead atoms. The van der Waals surface area contributed by atoms with Gasteiger partial charge >= 0.3 is 0 Å². The van der Waals surface area contributed by atoms with E-state index < -0.39 is 0 Å². The van der Waals surface area contributed by atoms with Gasteiger partial charge in [-0.1, -0.05) is 6.92 Å². The lowest BCUT2D eigenvalue weighted by Crippen LogP contribution is -1.92. The Labute approximate surface area is 43.8 Å². The first-order valence-corrected chi connectivity index (χ1v) is 2.30. The van der Waals surface area contributed by atoms with Crippen molar-refractivity contribution in [2.45, 2.75) is 13.3 Å². The summed E-state index contributed by atoms with van der Waals surface area (Å²) in [5.41, 5.74) is 0.586. The quantitative estimate of drug-likeness (QED) is 0.502. The summed E-state index contributed by atoms with van der Waals surface area (Å²) in [5.74, 6) is 0. The molecule has 0 radical (unpaired) electrons. The third-order valence-electron chi connectivity index (χ3n) is 0.666. The van der Waals surface area contributed by atoms with Gasteiger partial charge in [-0.2, -0.15) is 0 Å². The second-order valence-electron chi connectivity index (χ2n) is 1.27. The normalized spacial score (nSPS) is 10.0. The van der Waals surface area contributed by atoms with Crippen molar-refractivity contribution < 1.29 is 0 Å². The van der Waals surface area contributed by atoms with Crippen LogP contribution < -0.4 is 0 Å². The van der Waals surface area contributed by atoms with Crippen molar-refractivity contribution in [3.63, 3.8) is 0 Å². The standard InChI is InChI=1S/C5H10N2/c1-3-5(6)4-7-2/h4,6H,3H2,1-2H3. The highest BCUT2D eigenvalue weighted by Crippen LogP contribution is 1.73. The van der Waals surface area contributed by atoms with Gasteiger partial charge in [0.1, 0.15) is 0 Å². The molecule has 0 aromatic carbocycles. The lowest BCUT2D eigenvalue weighted by molar-refractivity contribution is 1.27. The van der Waals surface area contributed by atoms with Gasteiger partial charge < -0.3 is 5.41 Å². The topological polar surface area (TPSA) is 36.2 Å². The summed E-state index contributed by atoms with van der Waals surface area (Å²) in [4.78, 5) is 3.66. The third-order valence-corrected chi connectivity index (χ3v) is 0.666. The summed E-state index contributed by atoms with van der Waals surface area (Å²) in [7, 11) is 1.67. The van der Waals surface area contributed by atoms with Gasteiger partial charge in [-0.25, -0.2) is 0 Å². The molecule has 40 valence electrons. The zero-order chi connectivity index (χ0) is 5.70. The minimum Gasteiger partial charge on any atom is -0.304 e. The molecule has 0 fully saturated rings. The van der Waals surface area contributed by atoms with Crippen molar-refractivity contribution in [3.8, 4) is 0 Å². The number of nitrogens with zero attached hydrogens (tertiary/aromatic N) is 1. The van der Waals surface area contributed by atoms with Crippen LogP contribution in [0.3, 0.4) is 0 Å². The molecular formula is C5H10N2. The monoisotopic (exact) mass is 98.1 g/mol. The largest absolute Gasteiger partial charge is 0.304 e. The molecule has 2 nitrogen and oxygen atoms in total. The van der Waals surface area contributed by atoms with E-state index >= 15 is 0 Å². The maximum absolute atomic E-state index is 6.99. The van der Waals surface area contributed by atoms with Crippen molar-refractivity contribution in [2.24, 2.45) is 4.99 Å². The van der Waals surface area contributed by atoms with Crippen molar-refractivity contribution in [1.82, 2.24) is 0 Å². The van der Waals surface area contributed by atoms with E-state index in [-0.39, 0.29) is 0 Å². The Morgan fingerprint density at radius 2 is 2.43 bits per heavy atom. The Hall–Kier alpha value is -0.660. The van der Waals surface area contributed by atoms with Crippen LogP contribution >= 0.6 is 0 Å². The number of hydrogen-bond donors (Lipinski definition) is 1. The highest BCUT2D eigenvalue weighted by atomic mass is 14.6. The molecule has 0 aliphatic carbocycles. The third kappa shape index (κ3) is 3.16.